The fourth-order valence-electron chi connectivity index (χ4n) is 2.05. The average Bonchev–Trinajstić information content (AvgIpc) is 3.51. The van der Waals surface area contributed by atoms with Crippen LogP contribution in [-0.4, -0.2) is 25.5 Å². The van der Waals surface area contributed by atoms with Gasteiger partial charge in [-0.25, -0.2) is 4.79 Å². The van der Waals surface area contributed by atoms with Crippen LogP contribution in [0.2, 0.25) is 0 Å². The summed E-state index contributed by atoms with van der Waals surface area (Å²) in [6.07, 6.45) is 2.46. The number of carbonyl (C=O) groups excluding carboxylic acids is 2. The van der Waals surface area contributed by atoms with Crippen molar-refractivity contribution in [3.63, 3.8) is 0 Å². The molecular formula is C20H20N2O3. The zero-order valence-corrected chi connectivity index (χ0v) is 14.1. The van der Waals surface area contributed by atoms with Gasteiger partial charge in [0, 0.05) is 12.1 Å². The number of hydrogen-bond acceptors (Lipinski definition) is 4. The summed E-state index contributed by atoms with van der Waals surface area (Å²) in [5.41, 5.74) is 1.79. The molecule has 1 saturated carbocycles. The Bertz CT molecular complexity index is 745. The Labute approximate surface area is 147 Å². The van der Waals surface area contributed by atoms with E-state index in [0.29, 0.717) is 22.6 Å². The minimum atomic E-state index is -0.291. The molecule has 2 aromatic rings. The molecule has 0 heterocycles. The van der Waals surface area contributed by atoms with Crippen molar-refractivity contribution in [1.82, 2.24) is 5.32 Å². The normalized spacial score (nSPS) is 12.2. The first-order valence-electron chi connectivity index (χ1n) is 8.05. The summed E-state index contributed by atoms with van der Waals surface area (Å²) < 4.78 is 4.50. The molecule has 1 fully saturated rings. The highest BCUT2D eigenvalue weighted by Crippen LogP contribution is 2.27. The largest absolute Gasteiger partial charge is 0.465 e. The number of methoxy groups -OCH3 is 1. The fourth-order valence-corrected chi connectivity index (χ4v) is 2.05. The Morgan fingerprint density at radius 3 is 2.24 bits per heavy atom. The number of hydrogen-bond donors (Lipinski definition) is 1. The highest BCUT2D eigenvalue weighted by molar-refractivity contribution is 5.94. The first kappa shape index (κ1) is 18.2. The lowest BCUT2D eigenvalue weighted by atomic mass is 10.1. The van der Waals surface area contributed by atoms with E-state index in [9.17, 15) is 9.59 Å². The van der Waals surface area contributed by atoms with E-state index in [1.165, 1.54) is 20.0 Å². The van der Waals surface area contributed by atoms with Gasteiger partial charge in [-0.15, -0.1) is 0 Å². The molecule has 1 aliphatic rings. The van der Waals surface area contributed by atoms with Gasteiger partial charge in [-0.2, -0.15) is 5.26 Å². The van der Waals surface area contributed by atoms with Crippen LogP contribution in [0, 0.1) is 17.2 Å². The van der Waals surface area contributed by atoms with Gasteiger partial charge >= 0.3 is 5.97 Å². The molecule has 0 aliphatic heterocycles. The molecule has 0 bridgehead atoms. The van der Waals surface area contributed by atoms with E-state index in [2.05, 4.69) is 10.1 Å². The topological polar surface area (TPSA) is 79.2 Å². The van der Waals surface area contributed by atoms with E-state index in [0.717, 1.165) is 6.54 Å². The van der Waals surface area contributed by atoms with Gasteiger partial charge in [-0.3, -0.25) is 4.79 Å². The van der Waals surface area contributed by atoms with Crippen LogP contribution < -0.4 is 5.32 Å². The predicted molar refractivity (Wildman–Crippen MR) is 94.0 cm³/mol. The lowest BCUT2D eigenvalue weighted by molar-refractivity contribution is 0.0600. The van der Waals surface area contributed by atoms with Crippen LogP contribution in [0.5, 0.6) is 0 Å². The third-order valence-electron chi connectivity index (χ3n) is 3.72. The second-order valence-electron chi connectivity index (χ2n) is 5.70. The van der Waals surface area contributed by atoms with E-state index in [4.69, 9.17) is 5.26 Å². The SMILES string of the molecule is COC(=O)c1ccccc1.N#Cc1ccc(C(=O)NCC2CC2)cc1. The Morgan fingerprint density at radius 2 is 1.72 bits per heavy atom. The van der Waals surface area contributed by atoms with Crippen LogP contribution in [0.25, 0.3) is 0 Å². The maximum atomic E-state index is 11.6. The lowest BCUT2D eigenvalue weighted by Gasteiger charge is -2.03. The van der Waals surface area contributed by atoms with Gasteiger partial charge in [0.2, 0.25) is 0 Å². The van der Waals surface area contributed by atoms with Crippen molar-refractivity contribution in [3.05, 3.63) is 71.3 Å². The van der Waals surface area contributed by atoms with Crippen LogP contribution >= 0.6 is 0 Å². The molecule has 3 rings (SSSR count). The Morgan fingerprint density at radius 1 is 1.08 bits per heavy atom. The van der Waals surface area contributed by atoms with Gasteiger partial charge in [0.1, 0.15) is 0 Å². The highest BCUT2D eigenvalue weighted by Gasteiger charge is 2.21. The second kappa shape index (κ2) is 9.24. The molecule has 0 aromatic heterocycles. The summed E-state index contributed by atoms with van der Waals surface area (Å²) in [7, 11) is 1.37. The molecule has 5 nitrogen and oxygen atoms in total. The van der Waals surface area contributed by atoms with E-state index < -0.39 is 0 Å². The zero-order valence-electron chi connectivity index (χ0n) is 14.1. The molecule has 0 unspecified atom stereocenters. The molecule has 25 heavy (non-hydrogen) atoms. The minimum absolute atomic E-state index is 0.0496. The highest BCUT2D eigenvalue weighted by atomic mass is 16.5. The predicted octanol–water partition coefficient (Wildman–Crippen LogP) is 3.17. The van der Waals surface area contributed by atoms with E-state index in [1.54, 1.807) is 48.5 Å². The third kappa shape index (κ3) is 6.11. The summed E-state index contributed by atoms with van der Waals surface area (Å²) in [5.74, 6) is 0.347. The maximum Gasteiger partial charge on any atom is 0.337 e. The Hall–Kier alpha value is -3.13. The molecule has 1 N–H and O–H groups in total. The third-order valence-corrected chi connectivity index (χ3v) is 3.72. The van der Waals surface area contributed by atoms with Crippen LogP contribution in [-0.2, 0) is 4.74 Å². The van der Waals surface area contributed by atoms with Crippen molar-refractivity contribution in [2.24, 2.45) is 5.92 Å². The van der Waals surface area contributed by atoms with Crippen molar-refractivity contribution in [2.75, 3.05) is 13.7 Å². The molecular weight excluding hydrogens is 316 g/mol. The first-order chi connectivity index (χ1) is 12.1. The van der Waals surface area contributed by atoms with Gasteiger partial charge in [-0.1, -0.05) is 18.2 Å². The van der Waals surface area contributed by atoms with Gasteiger partial charge < -0.3 is 10.1 Å². The molecule has 0 atom stereocenters. The molecule has 1 aliphatic carbocycles. The summed E-state index contributed by atoms with van der Waals surface area (Å²) >= 11 is 0. The van der Waals surface area contributed by atoms with Crippen molar-refractivity contribution in [3.8, 4) is 6.07 Å². The number of carbonyl (C=O) groups is 2. The monoisotopic (exact) mass is 336 g/mol. The summed E-state index contributed by atoms with van der Waals surface area (Å²) in [6, 6.07) is 17.6. The maximum absolute atomic E-state index is 11.6. The summed E-state index contributed by atoms with van der Waals surface area (Å²) in [5, 5.41) is 11.5. The Kier molecular flexibility index (Phi) is 6.73. The van der Waals surface area contributed by atoms with Gasteiger partial charge in [0.25, 0.3) is 5.91 Å². The molecule has 128 valence electrons. The standard InChI is InChI=1S/C12H12N2O.C8H8O2/c13-7-9-3-5-11(6-4-9)12(15)14-8-10-1-2-10;1-10-8(9)7-5-3-2-4-6-7/h3-6,10H,1-2,8H2,(H,14,15);2-6H,1H3. The molecule has 0 saturated heterocycles. The quantitative estimate of drug-likeness (QED) is 0.870. The first-order valence-corrected chi connectivity index (χ1v) is 8.05. The summed E-state index contributed by atoms with van der Waals surface area (Å²) in [6.45, 7) is 0.777. The smallest absolute Gasteiger partial charge is 0.337 e. The minimum Gasteiger partial charge on any atom is -0.465 e. The number of nitriles is 1. The summed E-state index contributed by atoms with van der Waals surface area (Å²) in [4.78, 5) is 22.4. The molecule has 1 amide bonds. The van der Waals surface area contributed by atoms with E-state index in [-0.39, 0.29) is 11.9 Å². The zero-order chi connectivity index (χ0) is 18.1. The van der Waals surface area contributed by atoms with Crippen LogP contribution in [0.3, 0.4) is 0 Å². The number of benzene rings is 2. The van der Waals surface area contributed by atoms with E-state index >= 15 is 0 Å². The number of rotatable bonds is 4. The lowest BCUT2D eigenvalue weighted by Crippen LogP contribution is -2.25. The van der Waals surface area contributed by atoms with Gasteiger partial charge in [-0.05, 0) is 55.2 Å². The van der Waals surface area contributed by atoms with Crippen molar-refractivity contribution < 1.29 is 14.3 Å². The second-order valence-corrected chi connectivity index (χ2v) is 5.70. The fraction of sp³-hybridized carbons (Fsp3) is 0.250. The molecule has 0 spiro atoms. The number of esters is 1. The number of nitrogens with zero attached hydrogens (tertiary/aromatic N) is 1. The van der Waals surface area contributed by atoms with Crippen LogP contribution in [0.15, 0.2) is 54.6 Å². The van der Waals surface area contributed by atoms with Crippen LogP contribution in [0.1, 0.15) is 39.1 Å². The van der Waals surface area contributed by atoms with E-state index in [1.807, 2.05) is 12.1 Å². The molecule has 0 radical (unpaired) electrons. The number of amides is 1. The molecule has 5 heteroatoms. The number of ether oxygens (including phenoxy) is 1. The van der Waals surface area contributed by atoms with Crippen molar-refractivity contribution in [1.29, 1.82) is 5.26 Å². The Balaban J connectivity index is 0.000000196. The van der Waals surface area contributed by atoms with Gasteiger partial charge in [0.05, 0.1) is 24.3 Å². The molecule has 2 aromatic carbocycles. The van der Waals surface area contributed by atoms with Gasteiger partial charge in [0.15, 0.2) is 0 Å². The van der Waals surface area contributed by atoms with Crippen molar-refractivity contribution >= 4 is 11.9 Å². The average molecular weight is 336 g/mol. The van der Waals surface area contributed by atoms with Crippen LogP contribution in [0.4, 0.5) is 0 Å². The van der Waals surface area contributed by atoms with Crippen molar-refractivity contribution in [2.45, 2.75) is 12.8 Å². The number of nitrogens with one attached hydrogen (secondary N) is 1.